The number of fused-ring (bicyclic) bond motifs is 2. The molecule has 1 fully saturated rings. The molecule has 0 radical (unpaired) electrons. The number of methoxy groups -OCH3 is 1. The molecule has 1 amide bonds. The van der Waals surface area contributed by atoms with Crippen LogP contribution < -0.4 is 10.1 Å². The van der Waals surface area contributed by atoms with Crippen molar-refractivity contribution in [3.05, 3.63) is 30.5 Å². The van der Waals surface area contributed by atoms with Crippen LogP contribution in [0.4, 0.5) is 23.5 Å². The average molecular weight is 536 g/mol. The molecular formula is C23H24F4N8O3. The zero-order chi connectivity index (χ0) is 27.2. The van der Waals surface area contributed by atoms with Crippen LogP contribution in [0.5, 0.6) is 5.88 Å². The van der Waals surface area contributed by atoms with Gasteiger partial charge in [0.05, 0.1) is 25.2 Å². The molecule has 38 heavy (non-hydrogen) atoms. The summed E-state index contributed by atoms with van der Waals surface area (Å²) in [6.07, 6.45) is 1.51. The van der Waals surface area contributed by atoms with E-state index >= 15 is 0 Å². The first kappa shape index (κ1) is 25.6. The number of aromatic nitrogens is 6. The summed E-state index contributed by atoms with van der Waals surface area (Å²) in [4.78, 5) is 16.8. The van der Waals surface area contributed by atoms with Gasteiger partial charge in [0.2, 0.25) is 17.7 Å². The minimum atomic E-state index is -3.29. The molecule has 0 bridgehead atoms. The van der Waals surface area contributed by atoms with Crippen molar-refractivity contribution in [3.63, 3.8) is 0 Å². The van der Waals surface area contributed by atoms with E-state index < -0.39 is 43.5 Å². The Bertz CT molecular complexity index is 1500. The maximum Gasteiger partial charge on any atom is 0.285 e. The lowest BCUT2D eigenvalue weighted by Crippen LogP contribution is -2.56. The number of ether oxygens (including phenoxy) is 1. The van der Waals surface area contributed by atoms with Crippen molar-refractivity contribution in [2.45, 2.75) is 37.8 Å². The maximum atomic E-state index is 14.8. The number of anilines is 1. The van der Waals surface area contributed by atoms with Gasteiger partial charge in [-0.1, -0.05) is 11.3 Å². The highest BCUT2D eigenvalue weighted by atomic mass is 19.3. The Morgan fingerprint density at radius 3 is 2.79 bits per heavy atom. The van der Waals surface area contributed by atoms with Gasteiger partial charge in [0.25, 0.3) is 11.8 Å². The molecular weight excluding hydrogens is 512 g/mol. The van der Waals surface area contributed by atoms with Crippen LogP contribution in [-0.2, 0) is 11.3 Å². The number of nitrogens with zero attached hydrogens (tertiary/aromatic N) is 7. The lowest BCUT2D eigenvalue weighted by Gasteiger charge is -2.38. The van der Waals surface area contributed by atoms with E-state index in [4.69, 9.17) is 9.84 Å². The van der Waals surface area contributed by atoms with Gasteiger partial charge in [0, 0.05) is 25.2 Å². The highest BCUT2D eigenvalue weighted by molar-refractivity contribution is 5.89. The Labute approximate surface area is 213 Å². The number of amides is 1. The molecule has 11 nitrogen and oxygen atoms in total. The van der Waals surface area contributed by atoms with Crippen LogP contribution in [0.25, 0.3) is 27.7 Å². The van der Waals surface area contributed by atoms with E-state index in [1.54, 1.807) is 30.5 Å². The van der Waals surface area contributed by atoms with Crippen molar-refractivity contribution >= 4 is 28.4 Å². The fourth-order valence-electron chi connectivity index (χ4n) is 4.53. The summed E-state index contributed by atoms with van der Waals surface area (Å²) in [7, 11) is 1.38. The first-order valence-electron chi connectivity index (χ1n) is 11.7. The van der Waals surface area contributed by atoms with Crippen molar-refractivity contribution < 1.29 is 32.2 Å². The molecule has 3 aromatic heterocycles. The van der Waals surface area contributed by atoms with Gasteiger partial charge in [-0.25, -0.2) is 26.8 Å². The highest BCUT2D eigenvalue weighted by Gasteiger charge is 2.46. The van der Waals surface area contributed by atoms with Crippen LogP contribution in [0, 0.1) is 0 Å². The zero-order valence-electron chi connectivity index (χ0n) is 20.4. The van der Waals surface area contributed by atoms with Crippen molar-refractivity contribution in [3.8, 4) is 17.0 Å². The molecule has 202 valence electrons. The van der Waals surface area contributed by atoms with E-state index in [1.165, 1.54) is 11.6 Å². The molecule has 1 aliphatic rings. The van der Waals surface area contributed by atoms with E-state index in [9.17, 15) is 22.4 Å². The number of halogens is 4. The number of nitrogens with one attached hydrogen (secondary N) is 1. The monoisotopic (exact) mass is 536 g/mol. The molecule has 4 heterocycles. The number of carbonyl (C=O) groups is 1. The summed E-state index contributed by atoms with van der Waals surface area (Å²) in [6.45, 7) is -1.47. The largest absolute Gasteiger partial charge is 0.479 e. The molecule has 15 heteroatoms. The van der Waals surface area contributed by atoms with Gasteiger partial charge in [0.15, 0.2) is 0 Å². The van der Waals surface area contributed by atoms with Crippen LogP contribution in [0.3, 0.4) is 0 Å². The van der Waals surface area contributed by atoms with Crippen LogP contribution >= 0.6 is 0 Å². The number of alkyl halides is 4. The standard InChI is InChI=1S/C23H24F4N8O3/c1-22(24,25)11-35-16-9-13(3-4-15(16)30-32-35)14-5-8-34-19(14)20(38-2)29-21(31-34)28-17-6-7-33(18(37)10-36)12-23(17,26)27/h3-5,8-9,17,36H,6-7,10-12H2,1-2H3,(H,28,31)/t17-/m1/s1. The molecule has 1 aliphatic heterocycles. The Hall–Kier alpha value is -4.01. The number of likely N-dealkylation sites (tertiary alicyclic amines) is 1. The normalized spacial score (nSPS) is 17.8. The van der Waals surface area contributed by atoms with Gasteiger partial charge in [0.1, 0.15) is 24.2 Å². The summed E-state index contributed by atoms with van der Waals surface area (Å²) in [5.74, 6) is -7.04. The molecule has 0 spiro atoms. The van der Waals surface area contributed by atoms with Gasteiger partial charge in [-0.15, -0.1) is 10.2 Å². The van der Waals surface area contributed by atoms with Gasteiger partial charge in [-0.2, -0.15) is 4.98 Å². The number of carbonyl (C=O) groups excluding carboxylic acids is 1. The maximum absolute atomic E-state index is 14.8. The van der Waals surface area contributed by atoms with E-state index in [0.717, 1.165) is 16.5 Å². The predicted molar refractivity (Wildman–Crippen MR) is 127 cm³/mol. The summed E-state index contributed by atoms with van der Waals surface area (Å²) >= 11 is 0. The lowest BCUT2D eigenvalue weighted by atomic mass is 10.0. The number of piperidine rings is 1. The molecule has 0 saturated carbocycles. The number of hydrogen-bond donors (Lipinski definition) is 2. The first-order valence-corrected chi connectivity index (χ1v) is 11.7. The lowest BCUT2D eigenvalue weighted by molar-refractivity contribution is -0.145. The fraction of sp³-hybridized carbons (Fsp3) is 0.435. The second-order valence-corrected chi connectivity index (χ2v) is 9.21. The molecule has 1 atom stereocenters. The number of aliphatic hydroxyl groups excluding tert-OH is 1. The Balaban J connectivity index is 1.46. The van der Waals surface area contributed by atoms with E-state index in [2.05, 4.69) is 25.7 Å². The first-order chi connectivity index (χ1) is 18.0. The third-order valence-corrected chi connectivity index (χ3v) is 6.32. The zero-order valence-corrected chi connectivity index (χ0v) is 20.4. The second-order valence-electron chi connectivity index (χ2n) is 9.21. The highest BCUT2D eigenvalue weighted by Crippen LogP contribution is 2.34. The van der Waals surface area contributed by atoms with Crippen LogP contribution in [0.1, 0.15) is 13.3 Å². The Kier molecular flexibility index (Phi) is 6.33. The average Bonchev–Trinajstić information content (AvgIpc) is 3.47. The smallest absolute Gasteiger partial charge is 0.285 e. The van der Waals surface area contributed by atoms with Crippen molar-refractivity contribution in [1.82, 2.24) is 34.5 Å². The molecule has 1 saturated heterocycles. The molecule has 0 aliphatic carbocycles. The van der Waals surface area contributed by atoms with Gasteiger partial charge in [-0.05, 0) is 30.2 Å². The van der Waals surface area contributed by atoms with Crippen molar-refractivity contribution in [2.24, 2.45) is 0 Å². The summed E-state index contributed by atoms with van der Waals surface area (Å²) in [6, 6.07) is 5.44. The summed E-state index contributed by atoms with van der Waals surface area (Å²) in [5, 5.41) is 23.7. The van der Waals surface area contributed by atoms with E-state index in [-0.39, 0.29) is 24.8 Å². The molecule has 2 N–H and O–H groups in total. The van der Waals surface area contributed by atoms with E-state index in [1.807, 2.05) is 0 Å². The van der Waals surface area contributed by atoms with Crippen LogP contribution in [0.2, 0.25) is 0 Å². The minimum Gasteiger partial charge on any atom is -0.479 e. The number of rotatable bonds is 7. The Morgan fingerprint density at radius 1 is 1.32 bits per heavy atom. The second kappa shape index (κ2) is 9.38. The predicted octanol–water partition coefficient (Wildman–Crippen LogP) is 2.45. The topological polar surface area (TPSA) is 123 Å². The van der Waals surface area contributed by atoms with Crippen molar-refractivity contribution in [2.75, 3.05) is 32.1 Å². The van der Waals surface area contributed by atoms with Gasteiger partial charge < -0.3 is 20.1 Å². The minimum absolute atomic E-state index is 0.0393. The third-order valence-electron chi connectivity index (χ3n) is 6.32. The molecule has 0 unspecified atom stereocenters. The quantitative estimate of drug-likeness (QED) is 0.346. The van der Waals surface area contributed by atoms with Crippen LogP contribution in [0.15, 0.2) is 30.5 Å². The Morgan fingerprint density at radius 2 is 2.11 bits per heavy atom. The van der Waals surface area contributed by atoms with Crippen LogP contribution in [-0.4, -0.2) is 90.2 Å². The number of benzene rings is 1. The fourth-order valence-corrected chi connectivity index (χ4v) is 4.53. The summed E-state index contributed by atoms with van der Waals surface area (Å²) < 4.78 is 64.8. The molecule has 4 aromatic rings. The summed E-state index contributed by atoms with van der Waals surface area (Å²) in [5.41, 5.74) is 2.55. The van der Waals surface area contributed by atoms with Crippen molar-refractivity contribution in [1.29, 1.82) is 0 Å². The third kappa shape index (κ3) is 4.80. The SMILES string of the molecule is COc1nc(N[C@@H]2CCN(C(=O)CO)CC2(F)F)nn2ccc(-c3ccc4nnn(CC(C)(F)F)c4c3)c12. The number of hydrogen-bond acceptors (Lipinski definition) is 8. The number of aliphatic hydroxyl groups is 1. The molecule has 1 aromatic carbocycles. The van der Waals surface area contributed by atoms with Gasteiger partial charge in [-0.3, -0.25) is 4.79 Å². The molecule has 5 rings (SSSR count). The van der Waals surface area contributed by atoms with E-state index in [0.29, 0.717) is 27.7 Å². The van der Waals surface area contributed by atoms with Gasteiger partial charge >= 0.3 is 0 Å².